The van der Waals surface area contributed by atoms with Crippen molar-refractivity contribution < 1.29 is 0 Å². The van der Waals surface area contributed by atoms with E-state index in [4.69, 9.17) is 21.6 Å². The van der Waals surface area contributed by atoms with Crippen LogP contribution < -0.4 is 0 Å². The zero-order valence-electron chi connectivity index (χ0n) is 18.7. The minimum atomic E-state index is 0.293. The van der Waals surface area contributed by atoms with Gasteiger partial charge in [-0.15, -0.1) is 0 Å². The molecule has 5 rings (SSSR count). The van der Waals surface area contributed by atoms with Crippen molar-refractivity contribution in [2.45, 2.75) is 39.2 Å². The van der Waals surface area contributed by atoms with Crippen LogP contribution in [0.5, 0.6) is 0 Å². The molecule has 0 spiro atoms. The van der Waals surface area contributed by atoms with Gasteiger partial charge in [-0.05, 0) is 34.9 Å². The summed E-state index contributed by atoms with van der Waals surface area (Å²) in [4.78, 5) is 12.6. The molecule has 32 heavy (non-hydrogen) atoms. The van der Waals surface area contributed by atoms with Crippen LogP contribution >= 0.6 is 11.6 Å². The molecule has 4 aromatic rings. The Bertz CT molecular complexity index is 1240. The SMILES string of the molecule is CC(C)c1nc2c(c(-c3ccc(Cl)cc3)n1)CCN(Cc1cccc3ccccc13)CC2. The fourth-order valence-corrected chi connectivity index (χ4v) is 4.72. The number of halogens is 1. The van der Waals surface area contributed by atoms with Crippen LogP contribution in [0.1, 0.15) is 42.4 Å². The molecule has 0 N–H and O–H groups in total. The highest BCUT2D eigenvalue weighted by molar-refractivity contribution is 6.30. The van der Waals surface area contributed by atoms with Gasteiger partial charge < -0.3 is 0 Å². The lowest BCUT2D eigenvalue weighted by molar-refractivity contribution is 0.280. The Hall–Kier alpha value is -2.75. The van der Waals surface area contributed by atoms with E-state index in [1.165, 1.54) is 27.6 Å². The number of hydrogen-bond acceptors (Lipinski definition) is 3. The van der Waals surface area contributed by atoms with E-state index in [2.05, 4.69) is 73.3 Å². The maximum absolute atomic E-state index is 6.15. The molecule has 0 aliphatic carbocycles. The normalized spacial score (nSPS) is 14.5. The molecule has 2 heterocycles. The van der Waals surface area contributed by atoms with Crippen LogP contribution in [0.4, 0.5) is 0 Å². The topological polar surface area (TPSA) is 29.0 Å². The number of rotatable bonds is 4. The molecule has 1 aromatic heterocycles. The number of hydrogen-bond donors (Lipinski definition) is 0. The average Bonchev–Trinajstić information content (AvgIpc) is 3.02. The van der Waals surface area contributed by atoms with Gasteiger partial charge in [0.05, 0.1) is 5.69 Å². The van der Waals surface area contributed by atoms with Crippen molar-refractivity contribution in [1.82, 2.24) is 14.9 Å². The van der Waals surface area contributed by atoms with E-state index in [0.29, 0.717) is 5.92 Å². The van der Waals surface area contributed by atoms with Crippen LogP contribution in [0.15, 0.2) is 66.7 Å². The first kappa shape index (κ1) is 21.1. The highest BCUT2D eigenvalue weighted by Gasteiger charge is 2.22. The van der Waals surface area contributed by atoms with E-state index < -0.39 is 0 Å². The Labute approximate surface area is 195 Å². The van der Waals surface area contributed by atoms with Gasteiger partial charge in [-0.2, -0.15) is 0 Å². The lowest BCUT2D eigenvalue weighted by Gasteiger charge is -2.20. The van der Waals surface area contributed by atoms with Gasteiger partial charge in [0, 0.05) is 53.8 Å². The van der Waals surface area contributed by atoms with Gasteiger partial charge >= 0.3 is 0 Å². The third-order valence-electron chi connectivity index (χ3n) is 6.36. The van der Waals surface area contributed by atoms with Crippen LogP contribution in [0.25, 0.3) is 22.0 Å². The number of benzene rings is 3. The summed E-state index contributed by atoms with van der Waals surface area (Å²) in [6.07, 6.45) is 1.90. The Balaban J connectivity index is 1.46. The van der Waals surface area contributed by atoms with Crippen LogP contribution in [-0.2, 0) is 19.4 Å². The summed E-state index contributed by atoms with van der Waals surface area (Å²) in [6.45, 7) is 7.29. The molecule has 0 bridgehead atoms. The second-order valence-electron chi connectivity index (χ2n) is 8.93. The van der Waals surface area contributed by atoms with Crippen molar-refractivity contribution in [1.29, 1.82) is 0 Å². The van der Waals surface area contributed by atoms with Gasteiger partial charge in [0.1, 0.15) is 5.82 Å². The van der Waals surface area contributed by atoms with Gasteiger partial charge in [0.15, 0.2) is 0 Å². The number of nitrogens with zero attached hydrogens (tertiary/aromatic N) is 3. The van der Waals surface area contributed by atoms with Crippen LogP contribution in [0.2, 0.25) is 5.02 Å². The van der Waals surface area contributed by atoms with E-state index >= 15 is 0 Å². The molecule has 162 valence electrons. The predicted octanol–water partition coefficient (Wildman–Crippen LogP) is 6.67. The summed E-state index contributed by atoms with van der Waals surface area (Å²) >= 11 is 6.15. The van der Waals surface area contributed by atoms with Crippen LogP contribution in [-0.4, -0.2) is 28.0 Å². The second-order valence-corrected chi connectivity index (χ2v) is 9.37. The predicted molar refractivity (Wildman–Crippen MR) is 133 cm³/mol. The first-order valence-corrected chi connectivity index (χ1v) is 11.8. The van der Waals surface area contributed by atoms with E-state index in [9.17, 15) is 0 Å². The zero-order valence-corrected chi connectivity index (χ0v) is 19.4. The minimum Gasteiger partial charge on any atom is -0.298 e. The average molecular weight is 442 g/mol. The third-order valence-corrected chi connectivity index (χ3v) is 6.61. The Morgan fingerprint density at radius 2 is 1.62 bits per heavy atom. The summed E-state index contributed by atoms with van der Waals surface area (Å²) in [5, 5.41) is 3.40. The fraction of sp³-hybridized carbons (Fsp3) is 0.286. The molecule has 3 aromatic carbocycles. The summed E-state index contributed by atoms with van der Waals surface area (Å²) in [7, 11) is 0. The number of aromatic nitrogens is 2. The highest BCUT2D eigenvalue weighted by Crippen LogP contribution is 2.30. The molecular weight excluding hydrogens is 414 g/mol. The minimum absolute atomic E-state index is 0.293. The first-order valence-electron chi connectivity index (χ1n) is 11.4. The molecule has 0 fully saturated rings. The Morgan fingerprint density at radius 3 is 2.44 bits per heavy atom. The van der Waals surface area contributed by atoms with E-state index in [1.807, 2.05) is 12.1 Å². The lowest BCUT2D eigenvalue weighted by Crippen LogP contribution is -2.26. The van der Waals surface area contributed by atoms with Gasteiger partial charge in [0.25, 0.3) is 0 Å². The molecule has 0 atom stereocenters. The summed E-state index contributed by atoms with van der Waals surface area (Å²) in [5.41, 5.74) is 6.08. The zero-order chi connectivity index (χ0) is 22.1. The fourth-order valence-electron chi connectivity index (χ4n) is 4.60. The second kappa shape index (κ2) is 9.01. The molecular formula is C28H28ClN3. The van der Waals surface area contributed by atoms with E-state index in [1.54, 1.807) is 0 Å². The Morgan fingerprint density at radius 1 is 0.875 bits per heavy atom. The van der Waals surface area contributed by atoms with Crippen molar-refractivity contribution in [3.63, 3.8) is 0 Å². The van der Waals surface area contributed by atoms with Gasteiger partial charge in [-0.3, -0.25) is 4.90 Å². The molecule has 0 unspecified atom stereocenters. The molecule has 1 aliphatic rings. The lowest BCUT2D eigenvalue weighted by atomic mass is 10.00. The van der Waals surface area contributed by atoms with E-state index in [-0.39, 0.29) is 0 Å². The quantitative estimate of drug-likeness (QED) is 0.354. The van der Waals surface area contributed by atoms with Crippen molar-refractivity contribution in [2.24, 2.45) is 0 Å². The first-order chi connectivity index (χ1) is 15.6. The number of fused-ring (bicyclic) bond motifs is 2. The summed E-state index contributed by atoms with van der Waals surface area (Å²) in [6, 6.07) is 23.3. The summed E-state index contributed by atoms with van der Waals surface area (Å²) in [5.74, 6) is 1.22. The highest BCUT2D eigenvalue weighted by atomic mass is 35.5. The molecule has 1 aliphatic heterocycles. The molecule has 4 heteroatoms. The van der Waals surface area contributed by atoms with Gasteiger partial charge in [0.2, 0.25) is 0 Å². The van der Waals surface area contributed by atoms with Crippen molar-refractivity contribution in [3.05, 3.63) is 94.4 Å². The maximum atomic E-state index is 6.15. The van der Waals surface area contributed by atoms with Gasteiger partial charge in [-0.25, -0.2) is 9.97 Å². The van der Waals surface area contributed by atoms with Crippen LogP contribution in [0.3, 0.4) is 0 Å². The molecule has 0 amide bonds. The monoisotopic (exact) mass is 441 g/mol. The molecule has 0 saturated heterocycles. The maximum Gasteiger partial charge on any atom is 0.131 e. The van der Waals surface area contributed by atoms with E-state index in [0.717, 1.165) is 54.6 Å². The van der Waals surface area contributed by atoms with Crippen molar-refractivity contribution in [3.8, 4) is 11.3 Å². The summed E-state index contributed by atoms with van der Waals surface area (Å²) < 4.78 is 0. The van der Waals surface area contributed by atoms with Crippen molar-refractivity contribution in [2.75, 3.05) is 13.1 Å². The standard InChI is InChI=1S/C28H28ClN3/c1-19(2)28-30-26-15-17-32(18-22-8-5-7-20-6-3-4-9-24(20)22)16-14-25(26)27(31-28)21-10-12-23(29)13-11-21/h3-13,19H,14-18H2,1-2H3. The van der Waals surface area contributed by atoms with Crippen LogP contribution in [0, 0.1) is 0 Å². The molecule has 0 radical (unpaired) electrons. The molecule has 0 saturated carbocycles. The van der Waals surface area contributed by atoms with Gasteiger partial charge in [-0.1, -0.05) is 80.0 Å². The third kappa shape index (κ3) is 4.28. The van der Waals surface area contributed by atoms with Crippen molar-refractivity contribution >= 4 is 22.4 Å². The molecule has 3 nitrogen and oxygen atoms in total. The Kier molecular flexibility index (Phi) is 5.95. The smallest absolute Gasteiger partial charge is 0.131 e. The largest absolute Gasteiger partial charge is 0.298 e.